The van der Waals surface area contributed by atoms with Crippen molar-refractivity contribution < 1.29 is 0 Å². The van der Waals surface area contributed by atoms with Crippen LogP contribution in [0.15, 0.2) is 0 Å². The van der Waals surface area contributed by atoms with Gasteiger partial charge in [0.2, 0.25) is 0 Å². The molecule has 0 N–H and O–H groups in total. The van der Waals surface area contributed by atoms with Gasteiger partial charge in [0.05, 0.1) is 0 Å². The van der Waals surface area contributed by atoms with E-state index in [9.17, 15) is 0 Å². The van der Waals surface area contributed by atoms with Gasteiger partial charge in [-0.3, -0.25) is 4.90 Å². The molecule has 1 nitrogen and oxygen atoms in total. The maximum atomic E-state index is 2.81. The Bertz CT molecular complexity index is 242. The average Bonchev–Trinajstić information content (AvgIpc) is 2.45. The van der Waals surface area contributed by atoms with Crippen LogP contribution in [-0.4, -0.2) is 23.5 Å². The predicted octanol–water partition coefficient (Wildman–Crippen LogP) is 3.69. The summed E-state index contributed by atoms with van der Waals surface area (Å²) in [5, 5.41) is 0. The Labute approximate surface area is 101 Å². The van der Waals surface area contributed by atoms with Gasteiger partial charge >= 0.3 is 0 Å². The van der Waals surface area contributed by atoms with Gasteiger partial charge in [0.25, 0.3) is 0 Å². The Morgan fingerprint density at radius 3 is 2.06 bits per heavy atom. The van der Waals surface area contributed by atoms with Crippen LogP contribution in [0.4, 0.5) is 0 Å². The van der Waals surface area contributed by atoms with E-state index in [2.05, 4.69) is 18.7 Å². The monoisotopic (exact) mass is 221 g/mol. The van der Waals surface area contributed by atoms with Crippen molar-refractivity contribution in [3.8, 4) is 0 Å². The topological polar surface area (TPSA) is 3.24 Å². The van der Waals surface area contributed by atoms with Crippen LogP contribution in [0.1, 0.15) is 58.8 Å². The van der Waals surface area contributed by atoms with Gasteiger partial charge in [-0.1, -0.05) is 13.8 Å². The van der Waals surface area contributed by atoms with E-state index in [0.29, 0.717) is 5.54 Å². The Hall–Kier alpha value is -0.0400. The molecular formula is C15H27N. The fourth-order valence-corrected chi connectivity index (χ4v) is 5.42. The Balaban J connectivity index is 1.88. The smallest absolute Gasteiger partial charge is 0.0214 e. The molecule has 0 heterocycles. The van der Waals surface area contributed by atoms with Crippen molar-refractivity contribution in [3.63, 3.8) is 0 Å². The molecule has 0 amide bonds. The van der Waals surface area contributed by atoms with Crippen LogP contribution in [0.2, 0.25) is 0 Å². The normalized spacial score (nSPS) is 46.3. The van der Waals surface area contributed by atoms with E-state index in [-0.39, 0.29) is 0 Å². The van der Waals surface area contributed by atoms with E-state index in [0.717, 1.165) is 17.8 Å². The third-order valence-corrected chi connectivity index (χ3v) is 5.79. The largest absolute Gasteiger partial charge is 0.298 e. The fraction of sp³-hybridized carbons (Fsp3) is 1.00. The average molecular weight is 221 g/mol. The van der Waals surface area contributed by atoms with Gasteiger partial charge in [-0.2, -0.15) is 0 Å². The van der Waals surface area contributed by atoms with Crippen molar-refractivity contribution in [2.24, 2.45) is 17.8 Å². The van der Waals surface area contributed by atoms with Crippen LogP contribution in [0.3, 0.4) is 0 Å². The molecule has 4 aliphatic rings. The Kier molecular flexibility index (Phi) is 2.78. The number of rotatable bonds is 3. The molecule has 0 saturated heterocycles. The van der Waals surface area contributed by atoms with Crippen LogP contribution in [0.5, 0.6) is 0 Å². The molecule has 0 aliphatic heterocycles. The minimum absolute atomic E-state index is 0.627. The zero-order valence-electron chi connectivity index (χ0n) is 11.0. The van der Waals surface area contributed by atoms with Gasteiger partial charge in [0.15, 0.2) is 0 Å². The lowest BCUT2D eigenvalue weighted by atomic mass is 9.64. The minimum atomic E-state index is 0.627. The van der Waals surface area contributed by atoms with Crippen molar-refractivity contribution >= 4 is 0 Å². The molecule has 0 radical (unpaired) electrons. The van der Waals surface area contributed by atoms with E-state index in [1.165, 1.54) is 38.8 Å². The summed E-state index contributed by atoms with van der Waals surface area (Å²) in [4.78, 5) is 2.81. The summed E-state index contributed by atoms with van der Waals surface area (Å²) in [6.07, 6.45) is 10.8. The van der Waals surface area contributed by atoms with E-state index >= 15 is 0 Å². The molecule has 92 valence electrons. The van der Waals surface area contributed by atoms with Crippen molar-refractivity contribution in [1.82, 2.24) is 4.90 Å². The summed E-state index contributed by atoms with van der Waals surface area (Å²) in [5.74, 6) is 3.27. The van der Waals surface area contributed by atoms with Gasteiger partial charge in [0, 0.05) is 5.54 Å². The second-order valence-corrected chi connectivity index (χ2v) is 6.65. The molecule has 4 bridgehead atoms. The molecule has 4 rings (SSSR count). The van der Waals surface area contributed by atoms with Crippen LogP contribution in [-0.2, 0) is 0 Å². The van der Waals surface area contributed by atoms with E-state index in [1.807, 2.05) is 0 Å². The maximum Gasteiger partial charge on any atom is 0.0214 e. The molecule has 0 aromatic heterocycles. The zero-order chi connectivity index (χ0) is 11.2. The lowest BCUT2D eigenvalue weighted by Gasteiger charge is -2.50. The maximum absolute atomic E-state index is 2.81. The van der Waals surface area contributed by atoms with Crippen LogP contribution in [0, 0.1) is 17.8 Å². The molecule has 0 aromatic rings. The second kappa shape index (κ2) is 4.01. The van der Waals surface area contributed by atoms with Crippen molar-refractivity contribution in [2.45, 2.75) is 64.3 Å². The number of hydrogen-bond donors (Lipinski definition) is 0. The van der Waals surface area contributed by atoms with Crippen molar-refractivity contribution in [2.75, 3.05) is 13.1 Å². The Morgan fingerprint density at radius 2 is 1.50 bits per heavy atom. The molecule has 2 atom stereocenters. The summed E-state index contributed by atoms with van der Waals surface area (Å²) in [6, 6.07) is 0. The van der Waals surface area contributed by atoms with Crippen LogP contribution >= 0.6 is 0 Å². The molecule has 4 aliphatic carbocycles. The number of fused-ring (bicyclic) bond motifs is 1. The summed E-state index contributed by atoms with van der Waals surface area (Å²) in [6.45, 7) is 7.25. The standard InChI is InChI=1S/C15H27N/c1-3-16(4-2)15-6-5-12-7-13(10-15)9-14(8-12)11-15/h12-14H,3-11H2,1-2H3. The lowest BCUT2D eigenvalue weighted by Crippen LogP contribution is -2.52. The van der Waals surface area contributed by atoms with E-state index in [1.54, 1.807) is 19.3 Å². The highest BCUT2D eigenvalue weighted by Gasteiger charge is 2.49. The first-order valence-electron chi connectivity index (χ1n) is 7.51. The summed E-state index contributed by atoms with van der Waals surface area (Å²) >= 11 is 0. The van der Waals surface area contributed by atoms with Gasteiger partial charge in [-0.25, -0.2) is 0 Å². The van der Waals surface area contributed by atoms with Crippen molar-refractivity contribution in [1.29, 1.82) is 0 Å². The van der Waals surface area contributed by atoms with Gasteiger partial charge in [-0.15, -0.1) is 0 Å². The summed E-state index contributed by atoms with van der Waals surface area (Å²) in [5.41, 5.74) is 0.627. The molecular weight excluding hydrogens is 194 g/mol. The highest BCUT2D eigenvalue weighted by Crippen LogP contribution is 2.54. The number of nitrogens with zero attached hydrogens (tertiary/aromatic N) is 1. The predicted molar refractivity (Wildman–Crippen MR) is 68.4 cm³/mol. The first-order valence-corrected chi connectivity index (χ1v) is 7.51. The molecule has 4 saturated carbocycles. The number of hydrogen-bond acceptors (Lipinski definition) is 1. The third-order valence-electron chi connectivity index (χ3n) is 5.79. The van der Waals surface area contributed by atoms with Gasteiger partial charge in [-0.05, 0) is 75.8 Å². The lowest BCUT2D eigenvalue weighted by molar-refractivity contribution is 0.00487. The highest BCUT2D eigenvalue weighted by atomic mass is 15.2. The van der Waals surface area contributed by atoms with Crippen molar-refractivity contribution in [3.05, 3.63) is 0 Å². The first-order chi connectivity index (χ1) is 7.75. The SMILES string of the molecule is CCN(CC)C12CCC3CC(CC(C3)C1)C2. The first kappa shape index (κ1) is 11.1. The van der Waals surface area contributed by atoms with Gasteiger partial charge < -0.3 is 0 Å². The minimum Gasteiger partial charge on any atom is -0.298 e. The Morgan fingerprint density at radius 1 is 0.938 bits per heavy atom. The molecule has 2 unspecified atom stereocenters. The molecule has 0 spiro atoms. The highest BCUT2D eigenvalue weighted by molar-refractivity contribution is 5.03. The molecule has 0 aromatic carbocycles. The molecule has 16 heavy (non-hydrogen) atoms. The van der Waals surface area contributed by atoms with E-state index < -0.39 is 0 Å². The van der Waals surface area contributed by atoms with Crippen LogP contribution < -0.4 is 0 Å². The third kappa shape index (κ3) is 1.63. The molecule has 4 fully saturated rings. The summed E-state index contributed by atoms with van der Waals surface area (Å²) in [7, 11) is 0. The fourth-order valence-electron chi connectivity index (χ4n) is 5.42. The second-order valence-electron chi connectivity index (χ2n) is 6.65. The quantitative estimate of drug-likeness (QED) is 0.702. The van der Waals surface area contributed by atoms with Gasteiger partial charge in [0.1, 0.15) is 0 Å². The summed E-state index contributed by atoms with van der Waals surface area (Å²) < 4.78 is 0. The zero-order valence-corrected chi connectivity index (χ0v) is 11.0. The molecule has 1 heteroatoms. The van der Waals surface area contributed by atoms with Crippen LogP contribution in [0.25, 0.3) is 0 Å². The van der Waals surface area contributed by atoms with E-state index in [4.69, 9.17) is 0 Å².